The number of aryl methyl sites for hydroxylation is 1. The van der Waals surface area contributed by atoms with Crippen molar-refractivity contribution in [1.82, 2.24) is 10.3 Å². The van der Waals surface area contributed by atoms with Gasteiger partial charge < -0.3 is 5.32 Å². The van der Waals surface area contributed by atoms with E-state index in [0.29, 0.717) is 5.02 Å². The van der Waals surface area contributed by atoms with Crippen LogP contribution in [0.5, 0.6) is 0 Å². The summed E-state index contributed by atoms with van der Waals surface area (Å²) in [6.07, 6.45) is 3.75. The quantitative estimate of drug-likeness (QED) is 0.811. The summed E-state index contributed by atoms with van der Waals surface area (Å²) < 4.78 is 0. The number of halogens is 2. The first-order chi connectivity index (χ1) is 10.1. The largest absolute Gasteiger partial charge is 0.310 e. The number of nitrogens with zero attached hydrogens (tertiary/aromatic N) is 1. The Morgan fingerprint density at radius 1 is 1.19 bits per heavy atom. The Kier molecular flexibility index (Phi) is 6.04. The van der Waals surface area contributed by atoms with E-state index in [2.05, 4.69) is 29.4 Å². The van der Waals surface area contributed by atoms with Gasteiger partial charge in [-0.05, 0) is 55.3 Å². The topological polar surface area (TPSA) is 24.9 Å². The number of benzene rings is 1. The Morgan fingerprint density at radius 2 is 2.00 bits per heavy atom. The van der Waals surface area contributed by atoms with Gasteiger partial charge in [0, 0.05) is 34.4 Å². The van der Waals surface area contributed by atoms with Gasteiger partial charge in [0.05, 0.1) is 0 Å². The maximum absolute atomic E-state index is 6.34. The SMILES string of the molecule is CCCNC(Cc1ccc(C)cn1)c1cc(Cl)ccc1Cl. The van der Waals surface area contributed by atoms with E-state index < -0.39 is 0 Å². The van der Waals surface area contributed by atoms with Crippen molar-refractivity contribution in [1.29, 1.82) is 0 Å². The first kappa shape index (κ1) is 16.3. The van der Waals surface area contributed by atoms with Crippen LogP contribution >= 0.6 is 23.2 Å². The van der Waals surface area contributed by atoms with Gasteiger partial charge in [-0.15, -0.1) is 0 Å². The lowest BCUT2D eigenvalue weighted by Crippen LogP contribution is -2.24. The molecule has 0 amide bonds. The average Bonchev–Trinajstić information content (AvgIpc) is 2.48. The van der Waals surface area contributed by atoms with E-state index in [1.54, 1.807) is 0 Å². The molecular formula is C17H20Cl2N2. The van der Waals surface area contributed by atoms with E-state index in [9.17, 15) is 0 Å². The number of aromatic nitrogens is 1. The Balaban J connectivity index is 2.25. The molecule has 4 heteroatoms. The van der Waals surface area contributed by atoms with Gasteiger partial charge in [0.1, 0.15) is 0 Å². The highest BCUT2D eigenvalue weighted by atomic mass is 35.5. The Morgan fingerprint density at radius 3 is 2.67 bits per heavy atom. The fraction of sp³-hybridized carbons (Fsp3) is 0.353. The van der Waals surface area contributed by atoms with Crippen LogP contribution < -0.4 is 5.32 Å². The predicted octanol–water partition coefficient (Wildman–Crippen LogP) is 4.98. The van der Waals surface area contributed by atoms with Gasteiger partial charge in [-0.1, -0.05) is 36.2 Å². The summed E-state index contributed by atoms with van der Waals surface area (Å²) in [5.74, 6) is 0. The summed E-state index contributed by atoms with van der Waals surface area (Å²) in [5.41, 5.74) is 3.24. The summed E-state index contributed by atoms with van der Waals surface area (Å²) in [4.78, 5) is 4.49. The molecule has 0 aliphatic rings. The van der Waals surface area contributed by atoms with Crippen molar-refractivity contribution in [2.24, 2.45) is 0 Å². The first-order valence-corrected chi connectivity index (χ1v) is 7.95. The number of nitrogens with one attached hydrogen (secondary N) is 1. The molecule has 112 valence electrons. The van der Waals surface area contributed by atoms with Gasteiger partial charge in [-0.25, -0.2) is 0 Å². The van der Waals surface area contributed by atoms with Crippen LogP contribution in [0.1, 0.15) is 36.2 Å². The van der Waals surface area contributed by atoms with Crippen LogP contribution in [-0.4, -0.2) is 11.5 Å². The molecule has 21 heavy (non-hydrogen) atoms. The predicted molar refractivity (Wildman–Crippen MR) is 90.2 cm³/mol. The molecule has 1 aromatic carbocycles. The molecule has 2 nitrogen and oxygen atoms in total. The van der Waals surface area contributed by atoms with Crippen LogP contribution in [0.3, 0.4) is 0 Å². The van der Waals surface area contributed by atoms with Crippen LogP contribution in [0.25, 0.3) is 0 Å². The van der Waals surface area contributed by atoms with Crippen LogP contribution in [0.15, 0.2) is 36.5 Å². The molecular weight excluding hydrogens is 303 g/mol. The van der Waals surface area contributed by atoms with Crippen LogP contribution in [0.2, 0.25) is 10.0 Å². The van der Waals surface area contributed by atoms with Crippen molar-refractivity contribution >= 4 is 23.2 Å². The van der Waals surface area contributed by atoms with E-state index in [1.165, 1.54) is 0 Å². The molecule has 0 aliphatic carbocycles. The third-order valence-electron chi connectivity index (χ3n) is 3.36. The van der Waals surface area contributed by atoms with Gasteiger partial charge in [-0.2, -0.15) is 0 Å². The molecule has 2 rings (SSSR count). The van der Waals surface area contributed by atoms with Crippen molar-refractivity contribution in [3.8, 4) is 0 Å². The minimum Gasteiger partial charge on any atom is -0.310 e. The molecule has 1 aromatic heterocycles. The number of hydrogen-bond donors (Lipinski definition) is 1. The Labute approximate surface area is 136 Å². The Bertz CT molecular complexity index is 582. The summed E-state index contributed by atoms with van der Waals surface area (Å²) in [7, 11) is 0. The highest BCUT2D eigenvalue weighted by molar-refractivity contribution is 6.33. The second-order valence-electron chi connectivity index (χ2n) is 5.20. The fourth-order valence-corrected chi connectivity index (χ4v) is 2.65. The van der Waals surface area contributed by atoms with Gasteiger partial charge >= 0.3 is 0 Å². The molecule has 2 aromatic rings. The molecule has 0 aliphatic heterocycles. The minimum atomic E-state index is 0.117. The van der Waals surface area contributed by atoms with E-state index in [-0.39, 0.29) is 6.04 Å². The molecule has 1 unspecified atom stereocenters. The molecule has 0 spiro atoms. The zero-order valence-electron chi connectivity index (χ0n) is 12.4. The van der Waals surface area contributed by atoms with E-state index in [1.807, 2.05) is 31.3 Å². The second kappa shape index (κ2) is 7.79. The summed E-state index contributed by atoms with van der Waals surface area (Å²) in [5, 5.41) is 4.97. The van der Waals surface area contributed by atoms with Crippen molar-refractivity contribution in [2.45, 2.75) is 32.7 Å². The minimum absolute atomic E-state index is 0.117. The van der Waals surface area contributed by atoms with Gasteiger partial charge in [0.2, 0.25) is 0 Å². The second-order valence-corrected chi connectivity index (χ2v) is 6.05. The van der Waals surface area contributed by atoms with Crippen LogP contribution in [0.4, 0.5) is 0 Å². The van der Waals surface area contributed by atoms with E-state index in [4.69, 9.17) is 23.2 Å². The first-order valence-electron chi connectivity index (χ1n) is 7.20. The normalized spacial score (nSPS) is 12.4. The highest BCUT2D eigenvalue weighted by Crippen LogP contribution is 2.28. The van der Waals surface area contributed by atoms with Crippen molar-refractivity contribution in [2.75, 3.05) is 6.54 Å². The molecule has 0 saturated heterocycles. The van der Waals surface area contributed by atoms with Gasteiger partial charge in [-0.3, -0.25) is 4.98 Å². The van der Waals surface area contributed by atoms with Crippen molar-refractivity contribution in [3.05, 3.63) is 63.4 Å². The van der Waals surface area contributed by atoms with E-state index >= 15 is 0 Å². The fourth-order valence-electron chi connectivity index (χ4n) is 2.22. The maximum Gasteiger partial charge on any atom is 0.0454 e. The summed E-state index contributed by atoms with van der Waals surface area (Å²) in [6, 6.07) is 9.86. The van der Waals surface area contributed by atoms with Crippen LogP contribution in [-0.2, 0) is 6.42 Å². The van der Waals surface area contributed by atoms with Crippen LogP contribution in [0, 0.1) is 6.92 Å². The average molecular weight is 323 g/mol. The smallest absolute Gasteiger partial charge is 0.0454 e. The van der Waals surface area contributed by atoms with Crippen molar-refractivity contribution in [3.63, 3.8) is 0 Å². The number of hydrogen-bond acceptors (Lipinski definition) is 2. The standard InChI is InChI=1S/C17H20Cl2N2/c1-3-8-20-17(10-14-6-4-12(2)11-21-14)15-9-13(18)5-7-16(15)19/h4-7,9,11,17,20H,3,8,10H2,1-2H3. The molecule has 0 fully saturated rings. The molecule has 0 bridgehead atoms. The number of pyridine rings is 1. The lowest BCUT2D eigenvalue weighted by molar-refractivity contribution is 0.524. The van der Waals surface area contributed by atoms with Gasteiger partial charge in [0.15, 0.2) is 0 Å². The molecule has 0 radical (unpaired) electrons. The van der Waals surface area contributed by atoms with E-state index in [0.717, 1.165) is 41.2 Å². The Hall–Kier alpha value is -1.09. The van der Waals surface area contributed by atoms with Gasteiger partial charge in [0.25, 0.3) is 0 Å². The third-order valence-corrected chi connectivity index (χ3v) is 3.94. The number of rotatable bonds is 6. The lowest BCUT2D eigenvalue weighted by Gasteiger charge is -2.20. The lowest BCUT2D eigenvalue weighted by atomic mass is 10.0. The zero-order chi connectivity index (χ0) is 15.2. The molecule has 0 saturated carbocycles. The third kappa shape index (κ3) is 4.70. The highest BCUT2D eigenvalue weighted by Gasteiger charge is 2.16. The molecule has 1 N–H and O–H groups in total. The molecule has 1 heterocycles. The summed E-state index contributed by atoms with van der Waals surface area (Å²) >= 11 is 12.5. The monoisotopic (exact) mass is 322 g/mol. The summed E-state index contributed by atoms with van der Waals surface area (Å²) in [6.45, 7) is 5.12. The molecule has 1 atom stereocenters. The maximum atomic E-state index is 6.34. The zero-order valence-corrected chi connectivity index (χ0v) is 13.9. The van der Waals surface area contributed by atoms with Crippen molar-refractivity contribution < 1.29 is 0 Å².